The number of aryl methyl sites for hydroxylation is 1. The first-order valence-corrected chi connectivity index (χ1v) is 6.65. The van der Waals surface area contributed by atoms with E-state index < -0.39 is 5.41 Å². The van der Waals surface area contributed by atoms with Crippen LogP contribution in [0.4, 0.5) is 0 Å². The van der Waals surface area contributed by atoms with Gasteiger partial charge in [0.25, 0.3) is 0 Å². The van der Waals surface area contributed by atoms with Crippen LogP contribution in [0.1, 0.15) is 18.1 Å². The molecule has 1 N–H and O–H groups in total. The lowest BCUT2D eigenvalue weighted by atomic mass is 9.86. The van der Waals surface area contributed by atoms with Crippen LogP contribution in [0.25, 0.3) is 0 Å². The van der Waals surface area contributed by atoms with Crippen LogP contribution in [0.5, 0.6) is 0 Å². The Morgan fingerprint density at radius 1 is 1.32 bits per heavy atom. The highest BCUT2D eigenvalue weighted by Crippen LogP contribution is 2.28. The van der Waals surface area contributed by atoms with Gasteiger partial charge in [0.1, 0.15) is 5.41 Å². The lowest BCUT2D eigenvalue weighted by Gasteiger charge is -2.38. The molecule has 1 aromatic rings. The number of methoxy groups -OCH3 is 1. The second-order valence-corrected chi connectivity index (χ2v) is 5.04. The summed E-state index contributed by atoms with van der Waals surface area (Å²) in [5, 5.41) is 3.32. The molecule has 104 valence electrons. The van der Waals surface area contributed by atoms with Gasteiger partial charge in [-0.15, -0.1) is 0 Å². The van der Waals surface area contributed by atoms with Gasteiger partial charge in [-0.3, -0.25) is 4.79 Å². The van der Waals surface area contributed by atoms with Crippen LogP contribution in [0.3, 0.4) is 0 Å². The lowest BCUT2D eigenvalue weighted by molar-refractivity contribution is -0.182. The molecule has 2 rings (SSSR count). The molecule has 0 aromatic heterocycles. The fourth-order valence-electron chi connectivity index (χ4n) is 2.20. The first kappa shape index (κ1) is 14.0. The molecular weight excluding hydrogens is 242 g/mol. The Labute approximate surface area is 114 Å². The van der Waals surface area contributed by atoms with E-state index >= 15 is 0 Å². The quantitative estimate of drug-likeness (QED) is 0.791. The van der Waals surface area contributed by atoms with Crippen molar-refractivity contribution < 1.29 is 14.3 Å². The van der Waals surface area contributed by atoms with Gasteiger partial charge >= 0.3 is 5.97 Å². The SMILES string of the molecule is CCc1ccc(CNCC2(C(=O)OC)COC2)cc1. The number of ether oxygens (including phenoxy) is 2. The molecule has 1 aliphatic rings. The molecule has 1 heterocycles. The van der Waals surface area contributed by atoms with Crippen molar-refractivity contribution in [2.75, 3.05) is 26.9 Å². The van der Waals surface area contributed by atoms with Crippen molar-refractivity contribution >= 4 is 5.97 Å². The molecule has 1 aliphatic heterocycles. The Hall–Kier alpha value is -1.39. The number of carbonyl (C=O) groups is 1. The predicted molar refractivity (Wildman–Crippen MR) is 72.8 cm³/mol. The number of esters is 1. The summed E-state index contributed by atoms with van der Waals surface area (Å²) in [6.07, 6.45) is 1.05. The van der Waals surface area contributed by atoms with E-state index in [4.69, 9.17) is 9.47 Å². The summed E-state index contributed by atoms with van der Waals surface area (Å²) >= 11 is 0. The predicted octanol–water partition coefficient (Wildman–Crippen LogP) is 1.53. The standard InChI is InChI=1S/C15H21NO3/c1-3-12-4-6-13(7-5-12)8-16-9-15(10-19-11-15)14(17)18-2/h4-7,16H,3,8-11H2,1-2H3. The van der Waals surface area contributed by atoms with Crippen LogP contribution in [0, 0.1) is 5.41 Å². The highest BCUT2D eigenvalue weighted by molar-refractivity contribution is 5.78. The molecule has 0 aliphatic carbocycles. The van der Waals surface area contributed by atoms with Crippen molar-refractivity contribution in [1.29, 1.82) is 0 Å². The minimum atomic E-state index is -0.488. The van der Waals surface area contributed by atoms with Crippen LogP contribution in [0.2, 0.25) is 0 Å². The maximum atomic E-state index is 11.7. The third-order valence-corrected chi connectivity index (χ3v) is 3.60. The normalized spacial score (nSPS) is 16.7. The van der Waals surface area contributed by atoms with Crippen molar-refractivity contribution in [3.05, 3.63) is 35.4 Å². The van der Waals surface area contributed by atoms with E-state index in [1.807, 2.05) is 0 Å². The molecule has 0 spiro atoms. The van der Waals surface area contributed by atoms with Crippen molar-refractivity contribution in [3.8, 4) is 0 Å². The Morgan fingerprint density at radius 3 is 2.42 bits per heavy atom. The molecule has 0 amide bonds. The van der Waals surface area contributed by atoms with Gasteiger partial charge in [-0.1, -0.05) is 31.2 Å². The zero-order valence-corrected chi connectivity index (χ0v) is 11.6. The molecular formula is C15H21NO3. The van der Waals surface area contributed by atoms with E-state index in [1.165, 1.54) is 18.2 Å². The molecule has 0 radical (unpaired) electrons. The number of rotatable bonds is 6. The van der Waals surface area contributed by atoms with Gasteiger partial charge in [0, 0.05) is 13.1 Å². The van der Waals surface area contributed by atoms with Gasteiger partial charge in [-0.2, -0.15) is 0 Å². The van der Waals surface area contributed by atoms with Crippen LogP contribution in [0.15, 0.2) is 24.3 Å². The summed E-state index contributed by atoms with van der Waals surface area (Å²) in [7, 11) is 1.42. The molecule has 4 heteroatoms. The number of hydrogen-bond donors (Lipinski definition) is 1. The minimum absolute atomic E-state index is 0.187. The molecule has 19 heavy (non-hydrogen) atoms. The highest BCUT2D eigenvalue weighted by atomic mass is 16.5. The largest absolute Gasteiger partial charge is 0.468 e. The highest BCUT2D eigenvalue weighted by Gasteiger charge is 2.46. The van der Waals surface area contributed by atoms with Gasteiger partial charge in [0.15, 0.2) is 0 Å². The smallest absolute Gasteiger partial charge is 0.317 e. The van der Waals surface area contributed by atoms with E-state index in [1.54, 1.807) is 0 Å². The van der Waals surface area contributed by atoms with Crippen LogP contribution < -0.4 is 5.32 Å². The first-order valence-electron chi connectivity index (χ1n) is 6.65. The maximum absolute atomic E-state index is 11.7. The Balaban J connectivity index is 1.83. The first-order chi connectivity index (χ1) is 9.20. The van der Waals surface area contributed by atoms with Crippen LogP contribution in [-0.2, 0) is 27.2 Å². The zero-order chi connectivity index (χ0) is 13.7. The summed E-state index contributed by atoms with van der Waals surface area (Å²) in [5.41, 5.74) is 2.07. The second-order valence-electron chi connectivity index (χ2n) is 5.04. The third kappa shape index (κ3) is 3.14. The van der Waals surface area contributed by atoms with Crippen LogP contribution in [-0.4, -0.2) is 32.8 Å². The third-order valence-electron chi connectivity index (χ3n) is 3.60. The second kappa shape index (κ2) is 6.17. The van der Waals surface area contributed by atoms with Gasteiger partial charge in [-0.05, 0) is 17.5 Å². The number of carbonyl (C=O) groups excluding carboxylic acids is 1. The van der Waals surface area contributed by atoms with Crippen molar-refractivity contribution in [2.24, 2.45) is 5.41 Å². The number of nitrogens with one attached hydrogen (secondary N) is 1. The molecule has 0 unspecified atom stereocenters. The van der Waals surface area contributed by atoms with E-state index in [2.05, 4.69) is 36.5 Å². The van der Waals surface area contributed by atoms with Crippen molar-refractivity contribution in [2.45, 2.75) is 19.9 Å². The Bertz CT molecular complexity index is 424. The van der Waals surface area contributed by atoms with E-state index in [0.29, 0.717) is 19.8 Å². The van der Waals surface area contributed by atoms with Crippen LogP contribution >= 0.6 is 0 Å². The van der Waals surface area contributed by atoms with Gasteiger partial charge in [-0.25, -0.2) is 0 Å². The minimum Gasteiger partial charge on any atom is -0.468 e. The molecule has 1 saturated heterocycles. The fourth-order valence-corrected chi connectivity index (χ4v) is 2.20. The molecule has 1 aromatic carbocycles. The van der Waals surface area contributed by atoms with Crippen molar-refractivity contribution in [1.82, 2.24) is 5.32 Å². The Kier molecular flexibility index (Phi) is 4.56. The topological polar surface area (TPSA) is 47.6 Å². The van der Waals surface area contributed by atoms with Gasteiger partial charge in [0.2, 0.25) is 0 Å². The molecule has 0 atom stereocenters. The summed E-state index contributed by atoms with van der Waals surface area (Å²) in [6.45, 7) is 4.38. The van der Waals surface area contributed by atoms with E-state index in [9.17, 15) is 4.79 Å². The zero-order valence-electron chi connectivity index (χ0n) is 11.6. The Morgan fingerprint density at radius 2 is 1.95 bits per heavy atom. The molecule has 0 bridgehead atoms. The van der Waals surface area contributed by atoms with Crippen molar-refractivity contribution in [3.63, 3.8) is 0 Å². The summed E-state index contributed by atoms with van der Waals surface area (Å²) < 4.78 is 9.99. The molecule has 0 saturated carbocycles. The molecule has 4 nitrogen and oxygen atoms in total. The number of benzene rings is 1. The lowest BCUT2D eigenvalue weighted by Crippen LogP contribution is -2.55. The number of hydrogen-bond acceptors (Lipinski definition) is 4. The van der Waals surface area contributed by atoms with Gasteiger partial charge in [0.05, 0.1) is 20.3 Å². The van der Waals surface area contributed by atoms with E-state index in [0.717, 1.165) is 13.0 Å². The average molecular weight is 263 g/mol. The summed E-state index contributed by atoms with van der Waals surface area (Å²) in [5.74, 6) is -0.187. The molecule has 1 fully saturated rings. The van der Waals surface area contributed by atoms with E-state index in [-0.39, 0.29) is 5.97 Å². The summed E-state index contributed by atoms with van der Waals surface area (Å²) in [4.78, 5) is 11.7. The monoisotopic (exact) mass is 263 g/mol. The maximum Gasteiger partial charge on any atom is 0.317 e. The average Bonchev–Trinajstić information content (AvgIpc) is 2.41. The summed E-state index contributed by atoms with van der Waals surface area (Å²) in [6, 6.07) is 8.51. The fraction of sp³-hybridized carbons (Fsp3) is 0.533. The van der Waals surface area contributed by atoms with Gasteiger partial charge < -0.3 is 14.8 Å².